The van der Waals surface area contributed by atoms with E-state index in [0.29, 0.717) is 5.69 Å². The number of nitrogens with zero attached hydrogens (tertiary/aromatic N) is 1. The molecule has 110 valence electrons. The van der Waals surface area contributed by atoms with Gasteiger partial charge in [-0.25, -0.2) is 4.79 Å². The number of carbonyl (C=O) groups is 1. The van der Waals surface area contributed by atoms with Crippen molar-refractivity contribution in [1.82, 2.24) is 0 Å². The van der Waals surface area contributed by atoms with Crippen LogP contribution in [-0.2, 0) is 6.54 Å². The highest BCUT2D eigenvalue weighted by molar-refractivity contribution is 5.94. The Kier molecular flexibility index (Phi) is 4.48. The van der Waals surface area contributed by atoms with Gasteiger partial charge in [0.25, 0.3) is 0 Å². The second kappa shape index (κ2) is 6.31. The topological polar surface area (TPSA) is 66.6 Å². The van der Waals surface area contributed by atoms with E-state index < -0.39 is 5.97 Å². The minimum absolute atomic E-state index is 0.141. The van der Waals surface area contributed by atoms with Gasteiger partial charge in [-0.15, -0.1) is 0 Å². The minimum Gasteiger partial charge on any atom is -0.478 e. The van der Waals surface area contributed by atoms with Gasteiger partial charge in [-0.1, -0.05) is 30.3 Å². The van der Waals surface area contributed by atoms with Crippen molar-refractivity contribution >= 4 is 17.3 Å². The van der Waals surface area contributed by atoms with E-state index in [1.54, 1.807) is 12.1 Å². The molecule has 2 aromatic rings. The van der Waals surface area contributed by atoms with Crippen LogP contribution in [0.3, 0.4) is 0 Å². The Hall–Kier alpha value is -2.49. The molecule has 3 N–H and O–H groups in total. The summed E-state index contributed by atoms with van der Waals surface area (Å²) >= 11 is 0. The Bertz CT molecular complexity index is 624. The molecule has 0 aliphatic heterocycles. The average molecular weight is 284 g/mol. The van der Waals surface area contributed by atoms with Gasteiger partial charge in [0.1, 0.15) is 0 Å². The maximum Gasteiger partial charge on any atom is 0.337 e. The molecule has 0 aliphatic rings. The highest BCUT2D eigenvalue weighted by Crippen LogP contribution is 2.25. The lowest BCUT2D eigenvalue weighted by Crippen LogP contribution is -2.30. The molecule has 21 heavy (non-hydrogen) atoms. The number of hydrogen-bond acceptors (Lipinski definition) is 3. The molecule has 0 aliphatic carbocycles. The summed E-state index contributed by atoms with van der Waals surface area (Å²) in [5, 5.41) is 9.05. The summed E-state index contributed by atoms with van der Waals surface area (Å²) in [5.41, 5.74) is 8.41. The van der Waals surface area contributed by atoms with Gasteiger partial charge in [0.2, 0.25) is 0 Å². The lowest BCUT2D eigenvalue weighted by atomic mass is 10.1. The van der Waals surface area contributed by atoms with Crippen LogP contribution in [0.15, 0.2) is 48.5 Å². The third-order valence-corrected chi connectivity index (χ3v) is 3.42. The van der Waals surface area contributed by atoms with E-state index in [9.17, 15) is 4.79 Å². The monoisotopic (exact) mass is 284 g/mol. The minimum atomic E-state index is -1.00. The molecule has 0 amide bonds. The molecule has 0 saturated carbocycles. The van der Waals surface area contributed by atoms with Crippen LogP contribution in [0.5, 0.6) is 0 Å². The summed E-state index contributed by atoms with van der Waals surface area (Å²) in [6.45, 7) is 4.96. The first-order valence-corrected chi connectivity index (χ1v) is 6.92. The predicted molar refractivity (Wildman–Crippen MR) is 85.6 cm³/mol. The number of carboxylic acids is 1. The van der Waals surface area contributed by atoms with E-state index in [4.69, 9.17) is 10.8 Å². The first kappa shape index (κ1) is 14.9. The van der Waals surface area contributed by atoms with Crippen molar-refractivity contribution in [3.63, 3.8) is 0 Å². The molecule has 2 rings (SSSR count). The van der Waals surface area contributed by atoms with Crippen LogP contribution in [0, 0.1) is 0 Å². The van der Waals surface area contributed by atoms with Crippen molar-refractivity contribution in [3.8, 4) is 0 Å². The van der Waals surface area contributed by atoms with Gasteiger partial charge in [0.15, 0.2) is 0 Å². The zero-order valence-corrected chi connectivity index (χ0v) is 12.3. The lowest BCUT2D eigenvalue weighted by molar-refractivity contribution is 0.0698. The first-order valence-electron chi connectivity index (χ1n) is 6.92. The molecule has 0 saturated heterocycles. The first-order chi connectivity index (χ1) is 9.99. The van der Waals surface area contributed by atoms with Crippen molar-refractivity contribution in [2.75, 3.05) is 10.6 Å². The third-order valence-electron chi connectivity index (χ3n) is 3.42. The SMILES string of the molecule is CC(C)N(Cc1ccccc1)c1ccc(C(=O)O)c(N)c1. The summed E-state index contributed by atoms with van der Waals surface area (Å²) in [7, 11) is 0. The van der Waals surface area contributed by atoms with Crippen LogP contribution in [0.25, 0.3) is 0 Å². The van der Waals surface area contributed by atoms with E-state index >= 15 is 0 Å². The normalized spacial score (nSPS) is 10.6. The number of anilines is 2. The van der Waals surface area contributed by atoms with Crippen molar-refractivity contribution in [3.05, 3.63) is 59.7 Å². The van der Waals surface area contributed by atoms with Crippen LogP contribution < -0.4 is 10.6 Å². The highest BCUT2D eigenvalue weighted by atomic mass is 16.4. The van der Waals surface area contributed by atoms with E-state index in [1.165, 1.54) is 5.56 Å². The Morgan fingerprint density at radius 1 is 1.19 bits per heavy atom. The van der Waals surface area contributed by atoms with E-state index in [1.807, 2.05) is 24.3 Å². The largest absolute Gasteiger partial charge is 0.478 e. The lowest BCUT2D eigenvalue weighted by Gasteiger charge is -2.29. The molecule has 0 fully saturated rings. The summed E-state index contributed by atoms with van der Waals surface area (Å²) < 4.78 is 0. The van der Waals surface area contributed by atoms with Gasteiger partial charge in [-0.2, -0.15) is 0 Å². The van der Waals surface area contributed by atoms with Crippen LogP contribution in [0.2, 0.25) is 0 Å². The second-order valence-corrected chi connectivity index (χ2v) is 5.28. The molecule has 0 aromatic heterocycles. The Labute approximate surface area is 124 Å². The van der Waals surface area contributed by atoms with Crippen LogP contribution in [0.1, 0.15) is 29.8 Å². The van der Waals surface area contributed by atoms with Gasteiger partial charge in [-0.05, 0) is 37.6 Å². The van der Waals surface area contributed by atoms with Crippen LogP contribution in [-0.4, -0.2) is 17.1 Å². The summed E-state index contributed by atoms with van der Waals surface area (Å²) in [6, 6.07) is 15.5. The number of nitrogen functional groups attached to an aromatic ring is 1. The van der Waals surface area contributed by atoms with Crippen LogP contribution >= 0.6 is 0 Å². The molecule has 0 atom stereocenters. The zero-order valence-electron chi connectivity index (χ0n) is 12.3. The summed E-state index contributed by atoms with van der Waals surface area (Å²) in [5.74, 6) is -1.00. The van der Waals surface area contributed by atoms with E-state index in [2.05, 4.69) is 30.9 Å². The molecule has 4 nitrogen and oxygen atoms in total. The zero-order chi connectivity index (χ0) is 15.4. The highest BCUT2D eigenvalue weighted by Gasteiger charge is 2.14. The molecule has 0 heterocycles. The fourth-order valence-electron chi connectivity index (χ4n) is 2.28. The quantitative estimate of drug-likeness (QED) is 0.826. The molecule has 0 spiro atoms. The number of hydrogen-bond donors (Lipinski definition) is 2. The van der Waals surface area contributed by atoms with Crippen LogP contribution in [0.4, 0.5) is 11.4 Å². The average Bonchev–Trinajstić information content (AvgIpc) is 2.45. The maximum atomic E-state index is 11.0. The summed E-state index contributed by atoms with van der Waals surface area (Å²) in [6.07, 6.45) is 0. The standard InChI is InChI=1S/C17H20N2O2/c1-12(2)19(11-13-6-4-3-5-7-13)14-8-9-15(17(20)21)16(18)10-14/h3-10,12H,11,18H2,1-2H3,(H,20,21). The van der Waals surface area contributed by atoms with E-state index in [-0.39, 0.29) is 11.6 Å². The Morgan fingerprint density at radius 3 is 2.38 bits per heavy atom. The number of aromatic carboxylic acids is 1. The van der Waals surface area contributed by atoms with Gasteiger partial charge in [0, 0.05) is 24.0 Å². The molecule has 0 bridgehead atoms. The van der Waals surface area contributed by atoms with Crippen molar-refractivity contribution in [2.24, 2.45) is 0 Å². The van der Waals surface area contributed by atoms with Gasteiger partial charge >= 0.3 is 5.97 Å². The number of nitrogens with two attached hydrogens (primary N) is 1. The smallest absolute Gasteiger partial charge is 0.337 e. The molecule has 0 radical (unpaired) electrons. The fourth-order valence-corrected chi connectivity index (χ4v) is 2.28. The summed E-state index contributed by atoms with van der Waals surface area (Å²) in [4.78, 5) is 13.2. The molecular weight excluding hydrogens is 264 g/mol. The number of carboxylic acid groups (broad SMARTS) is 1. The van der Waals surface area contributed by atoms with E-state index in [0.717, 1.165) is 12.2 Å². The molecule has 2 aromatic carbocycles. The van der Waals surface area contributed by atoms with Crippen molar-refractivity contribution < 1.29 is 9.90 Å². The molecular formula is C17H20N2O2. The van der Waals surface area contributed by atoms with Crippen molar-refractivity contribution in [1.29, 1.82) is 0 Å². The maximum absolute atomic E-state index is 11.0. The van der Waals surface area contributed by atoms with Gasteiger partial charge in [-0.3, -0.25) is 0 Å². The number of rotatable bonds is 5. The fraction of sp³-hybridized carbons (Fsp3) is 0.235. The number of benzene rings is 2. The molecule has 4 heteroatoms. The Balaban J connectivity index is 2.31. The Morgan fingerprint density at radius 2 is 1.86 bits per heavy atom. The molecule has 0 unspecified atom stereocenters. The second-order valence-electron chi connectivity index (χ2n) is 5.28. The van der Waals surface area contributed by atoms with Gasteiger partial charge in [0.05, 0.1) is 5.56 Å². The van der Waals surface area contributed by atoms with Crippen molar-refractivity contribution in [2.45, 2.75) is 26.4 Å². The third kappa shape index (κ3) is 3.54. The van der Waals surface area contributed by atoms with Gasteiger partial charge < -0.3 is 15.7 Å². The predicted octanol–water partition coefficient (Wildman–Crippen LogP) is 3.38.